The summed E-state index contributed by atoms with van der Waals surface area (Å²) in [4.78, 5) is 14.9. The number of carbonyl (C=O) groups is 1. The van der Waals surface area contributed by atoms with Crippen molar-refractivity contribution < 1.29 is 4.79 Å². The van der Waals surface area contributed by atoms with E-state index >= 15 is 0 Å². The molecular weight excluding hydrogens is 162 g/mol. The maximum Gasteiger partial charge on any atom is 0.165 e. The smallest absolute Gasteiger partial charge is 0.165 e. The number of hydrogen-bond acceptors (Lipinski definition) is 2. The summed E-state index contributed by atoms with van der Waals surface area (Å²) in [6, 6.07) is 1.92. The van der Waals surface area contributed by atoms with Crippen LogP contribution in [0, 0.1) is 0 Å². The molecule has 11 heavy (non-hydrogen) atoms. The lowest BCUT2D eigenvalue weighted by atomic mass is 10.2. The molecule has 1 aliphatic rings. The lowest BCUT2D eigenvalue weighted by molar-refractivity contribution is 0.0994. The Morgan fingerprint density at radius 3 is 2.91 bits per heavy atom. The summed E-state index contributed by atoms with van der Waals surface area (Å²) in [6.45, 7) is 0. The molecule has 0 N–H and O–H groups in total. The zero-order valence-corrected chi connectivity index (χ0v) is 6.73. The average Bonchev–Trinajstić information content (AvgIpc) is 2.34. The van der Waals surface area contributed by atoms with Gasteiger partial charge in [0.1, 0.15) is 0 Å². The third-order valence-corrected chi connectivity index (χ3v) is 1.83. The Hall–Kier alpha value is -0.890. The van der Waals surface area contributed by atoms with E-state index in [4.69, 9.17) is 0 Å². The standard InChI is InChI=1S/C8H7NO.ClH/c10-8-2-1-6-3-4-9-5-7(6)8;/h3-5H,1-2H2;1H. The maximum absolute atomic E-state index is 11.0. The van der Waals surface area contributed by atoms with Crippen molar-refractivity contribution >= 4 is 18.2 Å². The van der Waals surface area contributed by atoms with Gasteiger partial charge in [-0.25, -0.2) is 0 Å². The van der Waals surface area contributed by atoms with Crippen LogP contribution < -0.4 is 0 Å². The van der Waals surface area contributed by atoms with Gasteiger partial charge >= 0.3 is 0 Å². The van der Waals surface area contributed by atoms with Crippen LogP contribution in [0.25, 0.3) is 0 Å². The average molecular weight is 170 g/mol. The van der Waals surface area contributed by atoms with Gasteiger partial charge in [0.15, 0.2) is 5.78 Å². The molecule has 3 heteroatoms. The molecule has 0 saturated heterocycles. The second-order valence-electron chi connectivity index (χ2n) is 2.46. The summed E-state index contributed by atoms with van der Waals surface area (Å²) in [5.74, 6) is 0.239. The third kappa shape index (κ3) is 1.26. The van der Waals surface area contributed by atoms with E-state index in [0.717, 1.165) is 17.5 Å². The van der Waals surface area contributed by atoms with E-state index in [1.54, 1.807) is 12.4 Å². The number of aromatic nitrogens is 1. The predicted molar refractivity (Wildman–Crippen MR) is 44.1 cm³/mol. The fourth-order valence-corrected chi connectivity index (χ4v) is 1.28. The van der Waals surface area contributed by atoms with Crippen molar-refractivity contribution in [2.75, 3.05) is 0 Å². The van der Waals surface area contributed by atoms with E-state index in [-0.39, 0.29) is 18.2 Å². The number of ketones is 1. The Balaban J connectivity index is 0.000000605. The first-order valence-electron chi connectivity index (χ1n) is 3.34. The molecule has 0 fully saturated rings. The van der Waals surface area contributed by atoms with Crippen LogP contribution in [-0.2, 0) is 6.42 Å². The molecule has 1 aliphatic carbocycles. The van der Waals surface area contributed by atoms with Gasteiger partial charge in [-0.3, -0.25) is 9.78 Å². The minimum atomic E-state index is 0. The molecule has 0 radical (unpaired) electrons. The molecule has 0 aliphatic heterocycles. The molecule has 0 spiro atoms. The molecule has 0 atom stereocenters. The highest BCUT2D eigenvalue weighted by Crippen LogP contribution is 2.19. The number of carbonyl (C=O) groups excluding carboxylic acids is 1. The van der Waals surface area contributed by atoms with Crippen LogP contribution >= 0.6 is 12.4 Å². The number of nitrogens with zero attached hydrogens (tertiary/aromatic N) is 1. The third-order valence-electron chi connectivity index (χ3n) is 1.83. The van der Waals surface area contributed by atoms with Crippen LogP contribution in [0.15, 0.2) is 18.5 Å². The molecule has 2 rings (SSSR count). The van der Waals surface area contributed by atoms with Crippen LogP contribution in [0.1, 0.15) is 22.3 Å². The van der Waals surface area contributed by atoms with Gasteiger partial charge in [0.05, 0.1) is 0 Å². The van der Waals surface area contributed by atoms with Crippen molar-refractivity contribution in [1.29, 1.82) is 0 Å². The SMILES string of the molecule is Cl.O=C1CCc2ccncc21. The lowest BCUT2D eigenvalue weighted by Gasteiger charge is -1.91. The van der Waals surface area contributed by atoms with Gasteiger partial charge in [0, 0.05) is 24.4 Å². The van der Waals surface area contributed by atoms with E-state index in [1.165, 1.54) is 0 Å². The van der Waals surface area contributed by atoms with E-state index in [2.05, 4.69) is 4.98 Å². The van der Waals surface area contributed by atoms with Gasteiger partial charge in [-0.15, -0.1) is 12.4 Å². The number of hydrogen-bond donors (Lipinski definition) is 0. The maximum atomic E-state index is 11.0. The van der Waals surface area contributed by atoms with Crippen LogP contribution in [0.2, 0.25) is 0 Å². The highest BCUT2D eigenvalue weighted by molar-refractivity contribution is 5.99. The second-order valence-corrected chi connectivity index (χ2v) is 2.46. The molecule has 0 bridgehead atoms. The van der Waals surface area contributed by atoms with E-state index in [9.17, 15) is 4.79 Å². The highest BCUT2D eigenvalue weighted by atomic mass is 35.5. The molecular formula is C8H8ClNO. The first kappa shape index (κ1) is 8.21. The summed E-state index contributed by atoms with van der Waals surface area (Å²) in [6.07, 6.45) is 4.96. The quantitative estimate of drug-likeness (QED) is 0.591. The number of rotatable bonds is 0. The van der Waals surface area contributed by atoms with Gasteiger partial charge in [-0.1, -0.05) is 0 Å². The molecule has 0 unspecified atom stereocenters. The predicted octanol–water partition coefficient (Wildman–Crippen LogP) is 1.63. The first-order chi connectivity index (χ1) is 4.88. The van der Waals surface area contributed by atoms with Crippen molar-refractivity contribution in [2.24, 2.45) is 0 Å². The fraction of sp³-hybridized carbons (Fsp3) is 0.250. The van der Waals surface area contributed by atoms with Crippen molar-refractivity contribution in [1.82, 2.24) is 4.98 Å². The zero-order chi connectivity index (χ0) is 6.97. The summed E-state index contributed by atoms with van der Waals surface area (Å²) in [5, 5.41) is 0. The molecule has 0 amide bonds. The van der Waals surface area contributed by atoms with Crippen molar-refractivity contribution in [3.8, 4) is 0 Å². The Labute approximate surface area is 71.1 Å². The molecule has 1 heterocycles. The van der Waals surface area contributed by atoms with Crippen LogP contribution in [0.3, 0.4) is 0 Å². The highest BCUT2D eigenvalue weighted by Gasteiger charge is 2.17. The van der Waals surface area contributed by atoms with Gasteiger partial charge in [-0.2, -0.15) is 0 Å². The number of pyridine rings is 1. The molecule has 0 saturated carbocycles. The molecule has 2 nitrogen and oxygen atoms in total. The van der Waals surface area contributed by atoms with Gasteiger partial charge < -0.3 is 0 Å². The Morgan fingerprint density at radius 2 is 2.18 bits per heavy atom. The van der Waals surface area contributed by atoms with Crippen molar-refractivity contribution in [3.63, 3.8) is 0 Å². The van der Waals surface area contributed by atoms with Crippen LogP contribution in [-0.4, -0.2) is 10.8 Å². The van der Waals surface area contributed by atoms with Crippen molar-refractivity contribution in [2.45, 2.75) is 12.8 Å². The summed E-state index contributed by atoms with van der Waals surface area (Å²) in [7, 11) is 0. The minimum absolute atomic E-state index is 0. The van der Waals surface area contributed by atoms with Gasteiger partial charge in [-0.05, 0) is 18.1 Å². The number of Topliss-reactive ketones (excluding diaryl/α,β-unsaturated/α-hetero) is 1. The number of halogens is 1. The van der Waals surface area contributed by atoms with Crippen LogP contribution in [0.4, 0.5) is 0 Å². The summed E-state index contributed by atoms with van der Waals surface area (Å²) >= 11 is 0. The molecule has 1 aromatic heterocycles. The molecule has 0 aromatic carbocycles. The lowest BCUT2D eigenvalue weighted by Crippen LogP contribution is -1.90. The van der Waals surface area contributed by atoms with Gasteiger partial charge in [0.2, 0.25) is 0 Å². The molecule has 58 valence electrons. The summed E-state index contributed by atoms with van der Waals surface area (Å²) < 4.78 is 0. The minimum Gasteiger partial charge on any atom is -0.294 e. The number of aryl methyl sites for hydroxylation is 1. The second kappa shape index (κ2) is 3.01. The van der Waals surface area contributed by atoms with E-state index < -0.39 is 0 Å². The normalized spacial score (nSPS) is 14.0. The number of fused-ring (bicyclic) bond motifs is 1. The van der Waals surface area contributed by atoms with E-state index in [1.807, 2.05) is 6.07 Å². The monoisotopic (exact) mass is 169 g/mol. The van der Waals surface area contributed by atoms with Crippen molar-refractivity contribution in [3.05, 3.63) is 29.6 Å². The largest absolute Gasteiger partial charge is 0.294 e. The van der Waals surface area contributed by atoms with Gasteiger partial charge in [0.25, 0.3) is 0 Å². The first-order valence-corrected chi connectivity index (χ1v) is 3.34. The van der Waals surface area contributed by atoms with E-state index in [0.29, 0.717) is 6.42 Å². The topological polar surface area (TPSA) is 30.0 Å². The fourth-order valence-electron chi connectivity index (χ4n) is 1.28. The Kier molecular flexibility index (Phi) is 2.25. The molecule has 1 aromatic rings. The Morgan fingerprint density at radius 1 is 1.36 bits per heavy atom. The summed E-state index contributed by atoms with van der Waals surface area (Å²) in [5.41, 5.74) is 1.97. The Bertz CT molecular complexity index is 285. The van der Waals surface area contributed by atoms with Crippen LogP contribution in [0.5, 0.6) is 0 Å². The zero-order valence-electron chi connectivity index (χ0n) is 5.91.